The molecule has 0 saturated heterocycles. The molecule has 0 rings (SSSR count). The minimum absolute atomic E-state index is 0.233. The van der Waals surface area contributed by atoms with E-state index < -0.39 is 12.0 Å². The summed E-state index contributed by atoms with van der Waals surface area (Å²) < 4.78 is 0. The van der Waals surface area contributed by atoms with Crippen molar-refractivity contribution in [2.75, 3.05) is 7.05 Å². The number of aliphatic carboxylic acids is 1. The second-order valence-corrected chi connectivity index (χ2v) is 4.04. The Bertz CT molecular complexity index is 229. The lowest BCUT2D eigenvalue weighted by Gasteiger charge is -2.18. The fourth-order valence-corrected chi connectivity index (χ4v) is 1.12. The number of carboxylic acid groups (broad SMARTS) is 1. The first-order valence-corrected chi connectivity index (χ1v) is 5.09. The van der Waals surface area contributed by atoms with Crippen molar-refractivity contribution in [3.63, 3.8) is 0 Å². The molecule has 5 nitrogen and oxygen atoms in total. The zero-order chi connectivity index (χ0) is 12.0. The maximum atomic E-state index is 11.4. The first kappa shape index (κ1) is 13.9. The van der Waals surface area contributed by atoms with Gasteiger partial charge in [0.2, 0.25) is 5.91 Å². The van der Waals surface area contributed by atoms with E-state index >= 15 is 0 Å². The number of rotatable bonds is 6. The maximum Gasteiger partial charge on any atom is 0.326 e. The molecule has 88 valence electrons. The van der Waals surface area contributed by atoms with Crippen LogP contribution in [-0.4, -0.2) is 36.1 Å². The van der Waals surface area contributed by atoms with Crippen LogP contribution < -0.4 is 10.6 Å². The van der Waals surface area contributed by atoms with Crippen LogP contribution in [0.5, 0.6) is 0 Å². The standard InChI is InChI=1S/C10H20N2O3/c1-6(2)5-8(10(14)15)12-9(13)7(3)11-4/h6-8,11H,5H2,1-4H3,(H,12,13)(H,14,15). The van der Waals surface area contributed by atoms with Crippen LogP contribution in [0.25, 0.3) is 0 Å². The van der Waals surface area contributed by atoms with Crippen LogP contribution in [0.3, 0.4) is 0 Å². The highest BCUT2D eigenvalue weighted by Crippen LogP contribution is 2.05. The molecular weight excluding hydrogens is 196 g/mol. The molecule has 2 atom stereocenters. The fourth-order valence-electron chi connectivity index (χ4n) is 1.12. The number of amides is 1. The first-order valence-electron chi connectivity index (χ1n) is 5.09. The molecule has 5 heteroatoms. The lowest BCUT2D eigenvalue weighted by atomic mass is 10.0. The molecule has 0 aromatic heterocycles. The highest BCUT2D eigenvalue weighted by molar-refractivity contribution is 5.86. The Hall–Kier alpha value is -1.10. The molecule has 0 radical (unpaired) electrons. The quantitative estimate of drug-likeness (QED) is 0.593. The van der Waals surface area contributed by atoms with Crippen molar-refractivity contribution in [3.05, 3.63) is 0 Å². The molecule has 0 aromatic rings. The number of hydrogen-bond acceptors (Lipinski definition) is 3. The molecule has 1 amide bonds. The highest BCUT2D eigenvalue weighted by atomic mass is 16.4. The topological polar surface area (TPSA) is 78.4 Å². The van der Waals surface area contributed by atoms with Gasteiger partial charge in [-0.15, -0.1) is 0 Å². The van der Waals surface area contributed by atoms with E-state index in [1.807, 2.05) is 13.8 Å². The largest absolute Gasteiger partial charge is 0.480 e. The van der Waals surface area contributed by atoms with E-state index in [-0.39, 0.29) is 17.9 Å². The van der Waals surface area contributed by atoms with Crippen LogP contribution in [0, 0.1) is 5.92 Å². The van der Waals surface area contributed by atoms with Crippen molar-refractivity contribution in [1.29, 1.82) is 0 Å². The lowest BCUT2D eigenvalue weighted by molar-refractivity contribution is -0.142. The summed E-state index contributed by atoms with van der Waals surface area (Å²) in [5.41, 5.74) is 0. The smallest absolute Gasteiger partial charge is 0.326 e. The third-order valence-corrected chi connectivity index (χ3v) is 2.15. The van der Waals surface area contributed by atoms with Gasteiger partial charge in [-0.2, -0.15) is 0 Å². The molecular formula is C10H20N2O3. The lowest BCUT2D eigenvalue weighted by Crippen LogP contribution is -2.48. The number of carbonyl (C=O) groups is 2. The summed E-state index contributed by atoms with van der Waals surface area (Å²) in [7, 11) is 1.66. The molecule has 0 spiro atoms. The monoisotopic (exact) mass is 216 g/mol. The van der Waals surface area contributed by atoms with Gasteiger partial charge in [-0.1, -0.05) is 13.8 Å². The van der Waals surface area contributed by atoms with Crippen molar-refractivity contribution < 1.29 is 14.7 Å². The first-order chi connectivity index (χ1) is 6.88. The van der Waals surface area contributed by atoms with Crippen molar-refractivity contribution in [3.8, 4) is 0 Å². The zero-order valence-corrected chi connectivity index (χ0v) is 9.70. The van der Waals surface area contributed by atoms with Crippen LogP contribution in [0.15, 0.2) is 0 Å². The Morgan fingerprint density at radius 2 is 1.80 bits per heavy atom. The number of hydrogen-bond donors (Lipinski definition) is 3. The number of carbonyl (C=O) groups excluding carboxylic acids is 1. The summed E-state index contributed by atoms with van der Waals surface area (Å²) in [5, 5.41) is 14.1. The molecule has 0 fully saturated rings. The molecule has 0 heterocycles. The summed E-state index contributed by atoms with van der Waals surface area (Å²) >= 11 is 0. The SMILES string of the molecule is CNC(C)C(=O)NC(CC(C)C)C(=O)O. The number of likely N-dealkylation sites (N-methyl/N-ethyl adjacent to an activating group) is 1. The molecule has 0 aliphatic carbocycles. The molecule has 0 aromatic carbocycles. The molecule has 0 saturated carbocycles. The molecule has 3 N–H and O–H groups in total. The predicted molar refractivity (Wildman–Crippen MR) is 57.5 cm³/mol. The van der Waals surface area contributed by atoms with Gasteiger partial charge in [0.1, 0.15) is 6.04 Å². The van der Waals surface area contributed by atoms with Gasteiger partial charge in [0.25, 0.3) is 0 Å². The maximum absolute atomic E-state index is 11.4. The van der Waals surface area contributed by atoms with Gasteiger partial charge in [0.05, 0.1) is 6.04 Å². The minimum atomic E-state index is -0.986. The van der Waals surface area contributed by atoms with E-state index in [1.165, 1.54) is 0 Å². The Labute approximate surface area is 90.2 Å². The van der Waals surface area contributed by atoms with Crippen molar-refractivity contribution >= 4 is 11.9 Å². The predicted octanol–water partition coefficient (Wildman–Crippen LogP) is 0.210. The summed E-state index contributed by atoms with van der Waals surface area (Å²) in [6.07, 6.45) is 0.442. The molecule has 15 heavy (non-hydrogen) atoms. The minimum Gasteiger partial charge on any atom is -0.480 e. The highest BCUT2D eigenvalue weighted by Gasteiger charge is 2.22. The second kappa shape index (κ2) is 6.40. The van der Waals surface area contributed by atoms with Crippen LogP contribution >= 0.6 is 0 Å². The Morgan fingerprint density at radius 1 is 1.27 bits per heavy atom. The van der Waals surface area contributed by atoms with Gasteiger partial charge in [0.15, 0.2) is 0 Å². The molecule has 0 bridgehead atoms. The van der Waals surface area contributed by atoms with E-state index in [4.69, 9.17) is 5.11 Å². The average molecular weight is 216 g/mol. The normalized spacial score (nSPS) is 14.7. The summed E-state index contributed by atoms with van der Waals surface area (Å²) in [5.74, 6) is -1.04. The Morgan fingerprint density at radius 3 is 2.13 bits per heavy atom. The van der Waals surface area contributed by atoms with Gasteiger partial charge in [-0.25, -0.2) is 4.79 Å². The van der Waals surface area contributed by atoms with E-state index in [1.54, 1.807) is 14.0 Å². The van der Waals surface area contributed by atoms with Crippen LogP contribution in [-0.2, 0) is 9.59 Å². The zero-order valence-electron chi connectivity index (χ0n) is 9.70. The Kier molecular flexibility index (Phi) is 5.93. The third kappa shape index (κ3) is 5.37. The van der Waals surface area contributed by atoms with Crippen molar-refractivity contribution in [1.82, 2.24) is 10.6 Å². The van der Waals surface area contributed by atoms with Gasteiger partial charge >= 0.3 is 5.97 Å². The van der Waals surface area contributed by atoms with Crippen LogP contribution in [0.2, 0.25) is 0 Å². The Balaban J connectivity index is 4.29. The fraction of sp³-hybridized carbons (Fsp3) is 0.800. The average Bonchev–Trinajstić information content (AvgIpc) is 2.14. The number of carboxylic acids is 1. The molecule has 0 aliphatic rings. The molecule has 2 unspecified atom stereocenters. The van der Waals surface area contributed by atoms with E-state index in [9.17, 15) is 9.59 Å². The second-order valence-electron chi connectivity index (χ2n) is 4.04. The third-order valence-electron chi connectivity index (χ3n) is 2.15. The van der Waals surface area contributed by atoms with Crippen molar-refractivity contribution in [2.24, 2.45) is 5.92 Å². The van der Waals surface area contributed by atoms with Crippen LogP contribution in [0.1, 0.15) is 27.2 Å². The van der Waals surface area contributed by atoms with Gasteiger partial charge in [0, 0.05) is 0 Å². The van der Waals surface area contributed by atoms with E-state index in [0.717, 1.165) is 0 Å². The van der Waals surface area contributed by atoms with Gasteiger partial charge < -0.3 is 15.7 Å². The van der Waals surface area contributed by atoms with E-state index in [2.05, 4.69) is 10.6 Å². The van der Waals surface area contributed by atoms with Crippen LogP contribution in [0.4, 0.5) is 0 Å². The summed E-state index contributed by atoms with van der Waals surface area (Å²) in [4.78, 5) is 22.3. The van der Waals surface area contributed by atoms with Gasteiger partial charge in [-0.3, -0.25) is 4.79 Å². The van der Waals surface area contributed by atoms with Crippen molar-refractivity contribution in [2.45, 2.75) is 39.3 Å². The van der Waals surface area contributed by atoms with E-state index in [0.29, 0.717) is 6.42 Å². The number of nitrogens with one attached hydrogen (secondary N) is 2. The molecule has 0 aliphatic heterocycles. The van der Waals surface area contributed by atoms with Gasteiger partial charge in [-0.05, 0) is 26.3 Å². The summed E-state index contributed by atoms with van der Waals surface area (Å²) in [6, 6.07) is -1.17. The summed E-state index contributed by atoms with van der Waals surface area (Å²) in [6.45, 7) is 5.52.